The fourth-order valence-electron chi connectivity index (χ4n) is 3.82. The van der Waals surface area contributed by atoms with E-state index in [4.69, 9.17) is 4.74 Å². The second kappa shape index (κ2) is 12.6. The number of fused-ring (bicyclic) bond motifs is 1. The Hall–Kier alpha value is -2.83. The van der Waals surface area contributed by atoms with E-state index in [2.05, 4.69) is 16.7 Å². The van der Waals surface area contributed by atoms with E-state index < -0.39 is 24.0 Å². The molecule has 2 atom stereocenters. The minimum Gasteiger partial charge on any atom is -0.451 e. The molecule has 0 saturated carbocycles. The van der Waals surface area contributed by atoms with Crippen LogP contribution in [0.25, 0.3) is 0 Å². The number of nitrogens with zero attached hydrogens (tertiary/aromatic N) is 1. The molecule has 0 aliphatic heterocycles. The number of esters is 1. The van der Waals surface area contributed by atoms with Crippen molar-refractivity contribution in [3.63, 3.8) is 0 Å². The molecule has 0 radical (unpaired) electrons. The first-order valence-electron chi connectivity index (χ1n) is 11.4. The van der Waals surface area contributed by atoms with Crippen LogP contribution in [-0.4, -0.2) is 41.9 Å². The molecule has 2 N–H and O–H groups in total. The lowest BCUT2D eigenvalue weighted by Gasteiger charge is -2.21. The van der Waals surface area contributed by atoms with Crippen LogP contribution in [-0.2, 0) is 27.2 Å². The first-order valence-corrected chi connectivity index (χ1v) is 13.6. The molecule has 7 nitrogen and oxygen atoms in total. The molecule has 3 rings (SSSR count). The molecule has 0 fully saturated rings. The Morgan fingerprint density at radius 3 is 2.62 bits per heavy atom. The second-order valence-electron chi connectivity index (χ2n) is 8.02. The lowest BCUT2D eigenvalue weighted by Crippen LogP contribution is -2.45. The molecule has 2 amide bonds. The Bertz CT molecular complexity index is 1060. The highest BCUT2D eigenvalue weighted by Gasteiger charge is 2.29. The number of nitrogens with one attached hydrogen (secondary N) is 2. The van der Waals surface area contributed by atoms with Gasteiger partial charge in [0.05, 0.1) is 5.56 Å². The highest BCUT2D eigenvalue weighted by Crippen LogP contribution is 2.37. The molecule has 0 bridgehead atoms. The van der Waals surface area contributed by atoms with Gasteiger partial charge in [-0.2, -0.15) is 17.0 Å². The molecule has 34 heavy (non-hydrogen) atoms. The zero-order valence-electron chi connectivity index (χ0n) is 19.4. The summed E-state index contributed by atoms with van der Waals surface area (Å²) in [5, 5.41) is 15.7. The van der Waals surface area contributed by atoms with E-state index in [1.54, 1.807) is 43.0 Å². The van der Waals surface area contributed by atoms with Gasteiger partial charge in [-0.15, -0.1) is 11.3 Å². The Labute approximate surface area is 208 Å². The number of ether oxygens (including phenoxy) is 1. The maximum absolute atomic E-state index is 13.0. The summed E-state index contributed by atoms with van der Waals surface area (Å²) in [5.74, 6) is -0.844. The van der Waals surface area contributed by atoms with Gasteiger partial charge in [-0.3, -0.25) is 9.59 Å². The summed E-state index contributed by atoms with van der Waals surface area (Å²) in [5.41, 5.74) is 1.99. The van der Waals surface area contributed by atoms with Crippen molar-refractivity contribution in [3.8, 4) is 6.07 Å². The highest BCUT2D eigenvalue weighted by atomic mass is 32.2. The van der Waals surface area contributed by atoms with Crippen molar-refractivity contribution < 1.29 is 19.1 Å². The normalized spacial score (nSPS) is 14.3. The SMILES string of the molecule is CC[C@@H](OC(=O)[C@@H](CCSC)NC(=O)c1ccccc1)C(=O)Nc1sc2c(c1C#N)CCCC2. The minimum atomic E-state index is -1.02. The number of benzene rings is 1. The quantitative estimate of drug-likeness (QED) is 0.472. The van der Waals surface area contributed by atoms with E-state index in [-0.39, 0.29) is 12.3 Å². The Balaban J connectivity index is 1.68. The third-order valence-corrected chi connectivity index (χ3v) is 7.53. The van der Waals surface area contributed by atoms with Gasteiger partial charge < -0.3 is 15.4 Å². The monoisotopic (exact) mass is 499 g/mol. The fourth-order valence-corrected chi connectivity index (χ4v) is 5.54. The lowest BCUT2D eigenvalue weighted by molar-refractivity contribution is -0.156. The molecule has 0 unspecified atom stereocenters. The number of thioether (sulfide) groups is 1. The third kappa shape index (κ3) is 6.39. The van der Waals surface area contributed by atoms with E-state index in [1.165, 1.54) is 11.3 Å². The molecule has 1 aliphatic rings. The number of rotatable bonds is 10. The maximum Gasteiger partial charge on any atom is 0.329 e. The van der Waals surface area contributed by atoms with Gasteiger partial charge in [-0.1, -0.05) is 25.1 Å². The smallest absolute Gasteiger partial charge is 0.329 e. The summed E-state index contributed by atoms with van der Waals surface area (Å²) in [4.78, 5) is 39.6. The van der Waals surface area contributed by atoms with Crippen LogP contribution in [0.1, 0.15) is 59.0 Å². The molecule has 0 spiro atoms. The predicted molar refractivity (Wildman–Crippen MR) is 135 cm³/mol. The van der Waals surface area contributed by atoms with Crippen LogP contribution >= 0.6 is 23.1 Å². The molecule has 1 aromatic carbocycles. The number of hydrogen-bond acceptors (Lipinski definition) is 7. The van der Waals surface area contributed by atoms with Crippen molar-refractivity contribution >= 4 is 45.9 Å². The van der Waals surface area contributed by atoms with Crippen LogP contribution in [0.4, 0.5) is 5.00 Å². The van der Waals surface area contributed by atoms with Gasteiger partial charge in [0, 0.05) is 10.4 Å². The van der Waals surface area contributed by atoms with E-state index in [0.29, 0.717) is 28.3 Å². The number of aryl methyl sites for hydroxylation is 1. The molecule has 180 valence electrons. The van der Waals surface area contributed by atoms with Crippen LogP contribution in [0.5, 0.6) is 0 Å². The van der Waals surface area contributed by atoms with Crippen LogP contribution < -0.4 is 10.6 Å². The van der Waals surface area contributed by atoms with Crippen LogP contribution in [0.2, 0.25) is 0 Å². The lowest BCUT2D eigenvalue weighted by atomic mass is 9.96. The minimum absolute atomic E-state index is 0.270. The van der Waals surface area contributed by atoms with Gasteiger partial charge in [0.1, 0.15) is 17.1 Å². The van der Waals surface area contributed by atoms with Crippen molar-refractivity contribution in [1.82, 2.24) is 5.32 Å². The predicted octanol–water partition coefficient (Wildman–Crippen LogP) is 4.31. The number of amides is 2. The average molecular weight is 500 g/mol. The number of carbonyl (C=O) groups excluding carboxylic acids is 3. The van der Waals surface area contributed by atoms with Crippen molar-refractivity contribution in [3.05, 3.63) is 51.9 Å². The first kappa shape index (κ1) is 25.8. The first-order chi connectivity index (χ1) is 16.5. The molecular formula is C25H29N3O4S2. The summed E-state index contributed by atoms with van der Waals surface area (Å²) >= 11 is 2.98. The van der Waals surface area contributed by atoms with Gasteiger partial charge in [0.2, 0.25) is 0 Å². The van der Waals surface area contributed by atoms with Crippen molar-refractivity contribution in [2.24, 2.45) is 0 Å². The van der Waals surface area contributed by atoms with Gasteiger partial charge in [-0.05, 0) is 68.2 Å². The number of nitriles is 1. The Kier molecular flexibility index (Phi) is 9.54. The van der Waals surface area contributed by atoms with E-state index in [9.17, 15) is 19.6 Å². The second-order valence-corrected chi connectivity index (χ2v) is 10.1. The van der Waals surface area contributed by atoms with E-state index in [1.807, 2.05) is 12.3 Å². The molecule has 1 aliphatic carbocycles. The number of hydrogen-bond donors (Lipinski definition) is 2. The number of carbonyl (C=O) groups is 3. The summed E-state index contributed by atoms with van der Waals surface area (Å²) in [6, 6.07) is 10.00. The fraction of sp³-hybridized carbons (Fsp3) is 0.440. The summed E-state index contributed by atoms with van der Waals surface area (Å²) < 4.78 is 5.55. The zero-order valence-corrected chi connectivity index (χ0v) is 21.0. The summed E-state index contributed by atoms with van der Waals surface area (Å²) in [6.45, 7) is 1.75. The van der Waals surface area contributed by atoms with Crippen molar-refractivity contribution in [2.75, 3.05) is 17.3 Å². The standard InChI is InChI=1S/C25H29N3O4S2/c1-3-20(23(30)28-24-18(15-26)17-11-7-8-12-21(17)34-24)32-25(31)19(13-14-33-2)27-22(29)16-9-5-4-6-10-16/h4-6,9-10,19-20H,3,7-8,11-14H2,1-2H3,(H,27,29)(H,28,30)/t19-,20-/m1/s1. The average Bonchev–Trinajstić information content (AvgIpc) is 3.21. The molecule has 2 aromatic rings. The molecule has 1 heterocycles. The topological polar surface area (TPSA) is 108 Å². The molecule has 1 aromatic heterocycles. The summed E-state index contributed by atoms with van der Waals surface area (Å²) in [7, 11) is 0. The van der Waals surface area contributed by atoms with Crippen LogP contribution in [0, 0.1) is 11.3 Å². The van der Waals surface area contributed by atoms with Crippen LogP contribution in [0.15, 0.2) is 30.3 Å². The van der Waals surface area contributed by atoms with Crippen LogP contribution in [0.3, 0.4) is 0 Å². The molecule has 0 saturated heterocycles. The molecule has 9 heteroatoms. The highest BCUT2D eigenvalue weighted by molar-refractivity contribution is 7.98. The van der Waals surface area contributed by atoms with Crippen molar-refractivity contribution in [2.45, 2.75) is 57.6 Å². The van der Waals surface area contributed by atoms with E-state index in [0.717, 1.165) is 36.1 Å². The van der Waals surface area contributed by atoms with Gasteiger partial charge in [0.15, 0.2) is 6.10 Å². The van der Waals surface area contributed by atoms with E-state index >= 15 is 0 Å². The Morgan fingerprint density at radius 2 is 1.94 bits per heavy atom. The van der Waals surface area contributed by atoms with Gasteiger partial charge in [-0.25, -0.2) is 4.79 Å². The maximum atomic E-state index is 13.0. The number of anilines is 1. The zero-order chi connectivity index (χ0) is 24.5. The van der Waals surface area contributed by atoms with Gasteiger partial charge >= 0.3 is 5.97 Å². The van der Waals surface area contributed by atoms with Gasteiger partial charge in [0.25, 0.3) is 11.8 Å². The number of thiophene rings is 1. The third-order valence-electron chi connectivity index (χ3n) is 5.68. The summed E-state index contributed by atoms with van der Waals surface area (Å²) in [6.07, 6.45) is 5.41. The molecular weight excluding hydrogens is 470 g/mol. The largest absolute Gasteiger partial charge is 0.451 e. The Morgan fingerprint density at radius 1 is 1.21 bits per heavy atom. The van der Waals surface area contributed by atoms with Crippen molar-refractivity contribution in [1.29, 1.82) is 5.26 Å².